The summed E-state index contributed by atoms with van der Waals surface area (Å²) in [7, 11) is 2.10. The molecule has 1 heterocycles. The normalized spacial score (nSPS) is 15.4. The second kappa shape index (κ2) is 4.63. The average Bonchev–Trinajstić information content (AvgIpc) is 2.27. The SMILES string of the molecule is CN1CCCc2c1cccc2C(C)(C)CC(=O)O. The molecule has 0 aliphatic carbocycles. The first kappa shape index (κ1) is 12.9. The minimum Gasteiger partial charge on any atom is -0.481 e. The highest BCUT2D eigenvalue weighted by atomic mass is 16.4. The van der Waals surface area contributed by atoms with E-state index in [0.717, 1.165) is 19.4 Å². The van der Waals surface area contributed by atoms with E-state index < -0.39 is 5.97 Å². The van der Waals surface area contributed by atoms with E-state index in [9.17, 15) is 4.79 Å². The number of anilines is 1. The van der Waals surface area contributed by atoms with Gasteiger partial charge in [-0.15, -0.1) is 0 Å². The number of carboxylic acid groups (broad SMARTS) is 1. The Hall–Kier alpha value is -1.51. The zero-order chi connectivity index (χ0) is 13.3. The fourth-order valence-corrected chi connectivity index (χ4v) is 2.92. The lowest BCUT2D eigenvalue weighted by Crippen LogP contribution is -2.29. The number of hydrogen-bond acceptors (Lipinski definition) is 2. The second-order valence-corrected chi connectivity index (χ2v) is 5.78. The molecule has 1 aromatic rings. The number of fused-ring (bicyclic) bond motifs is 1. The van der Waals surface area contributed by atoms with Gasteiger partial charge in [0.1, 0.15) is 0 Å². The molecule has 98 valence electrons. The first-order chi connectivity index (χ1) is 8.42. The van der Waals surface area contributed by atoms with Crippen LogP contribution in [0.3, 0.4) is 0 Å². The zero-order valence-electron chi connectivity index (χ0n) is 11.4. The predicted octanol–water partition coefficient (Wildman–Crippen LogP) is 2.82. The molecule has 0 unspecified atom stereocenters. The quantitative estimate of drug-likeness (QED) is 0.893. The van der Waals surface area contributed by atoms with Crippen molar-refractivity contribution in [1.82, 2.24) is 0 Å². The van der Waals surface area contributed by atoms with Crippen LogP contribution in [0, 0.1) is 0 Å². The summed E-state index contributed by atoms with van der Waals surface area (Å²) < 4.78 is 0. The topological polar surface area (TPSA) is 40.5 Å². The number of carbonyl (C=O) groups is 1. The molecule has 0 aromatic heterocycles. The number of nitrogens with zero attached hydrogens (tertiary/aromatic N) is 1. The Kier molecular flexibility index (Phi) is 3.33. The van der Waals surface area contributed by atoms with E-state index in [4.69, 9.17) is 5.11 Å². The third kappa shape index (κ3) is 2.35. The van der Waals surface area contributed by atoms with Crippen LogP contribution in [0.15, 0.2) is 18.2 Å². The summed E-state index contributed by atoms with van der Waals surface area (Å²) in [6.07, 6.45) is 2.37. The third-order valence-corrected chi connectivity index (χ3v) is 3.81. The van der Waals surface area contributed by atoms with Crippen LogP contribution in [0.2, 0.25) is 0 Å². The Balaban J connectivity index is 2.45. The van der Waals surface area contributed by atoms with Gasteiger partial charge in [-0.1, -0.05) is 26.0 Å². The van der Waals surface area contributed by atoms with Gasteiger partial charge in [-0.05, 0) is 30.0 Å². The van der Waals surface area contributed by atoms with Gasteiger partial charge in [0, 0.05) is 24.7 Å². The van der Waals surface area contributed by atoms with E-state index in [1.54, 1.807) is 0 Å². The number of benzene rings is 1. The highest BCUT2D eigenvalue weighted by molar-refractivity contribution is 5.70. The molecule has 1 aromatic carbocycles. The van der Waals surface area contributed by atoms with Gasteiger partial charge in [0.2, 0.25) is 0 Å². The maximum absolute atomic E-state index is 11.0. The van der Waals surface area contributed by atoms with Crippen LogP contribution in [0.4, 0.5) is 5.69 Å². The molecule has 0 saturated carbocycles. The Labute approximate surface area is 108 Å². The van der Waals surface area contributed by atoms with E-state index in [1.807, 2.05) is 19.9 Å². The van der Waals surface area contributed by atoms with E-state index in [0.29, 0.717) is 0 Å². The van der Waals surface area contributed by atoms with Gasteiger partial charge in [-0.3, -0.25) is 4.79 Å². The Morgan fingerprint density at radius 2 is 2.17 bits per heavy atom. The molecule has 0 spiro atoms. The zero-order valence-corrected chi connectivity index (χ0v) is 11.4. The highest BCUT2D eigenvalue weighted by Gasteiger charge is 2.29. The van der Waals surface area contributed by atoms with Gasteiger partial charge in [-0.2, -0.15) is 0 Å². The lowest BCUT2D eigenvalue weighted by atomic mass is 9.77. The fourth-order valence-electron chi connectivity index (χ4n) is 2.92. The first-order valence-corrected chi connectivity index (χ1v) is 6.47. The molecule has 1 N–H and O–H groups in total. The lowest BCUT2D eigenvalue weighted by molar-refractivity contribution is -0.138. The average molecular weight is 247 g/mol. The molecule has 1 aliphatic rings. The molecule has 3 heteroatoms. The van der Waals surface area contributed by atoms with Crippen molar-refractivity contribution in [1.29, 1.82) is 0 Å². The summed E-state index contributed by atoms with van der Waals surface area (Å²) >= 11 is 0. The number of carboxylic acids is 1. The largest absolute Gasteiger partial charge is 0.481 e. The van der Waals surface area contributed by atoms with Crippen molar-refractivity contribution in [3.05, 3.63) is 29.3 Å². The van der Waals surface area contributed by atoms with Crippen LogP contribution in [0.1, 0.15) is 37.8 Å². The summed E-state index contributed by atoms with van der Waals surface area (Å²) in [5, 5.41) is 9.06. The maximum atomic E-state index is 11.0. The molecular formula is C15H21NO2. The molecule has 3 nitrogen and oxygen atoms in total. The van der Waals surface area contributed by atoms with Gasteiger partial charge < -0.3 is 10.0 Å². The minimum atomic E-state index is -0.734. The van der Waals surface area contributed by atoms with Gasteiger partial charge in [0.15, 0.2) is 0 Å². The van der Waals surface area contributed by atoms with E-state index >= 15 is 0 Å². The van der Waals surface area contributed by atoms with Crippen molar-refractivity contribution in [3.63, 3.8) is 0 Å². The monoisotopic (exact) mass is 247 g/mol. The van der Waals surface area contributed by atoms with Crippen molar-refractivity contribution in [2.24, 2.45) is 0 Å². The smallest absolute Gasteiger partial charge is 0.304 e. The molecule has 0 amide bonds. The molecule has 0 fully saturated rings. The number of rotatable bonds is 3. The van der Waals surface area contributed by atoms with Crippen molar-refractivity contribution in [2.75, 3.05) is 18.5 Å². The van der Waals surface area contributed by atoms with Crippen LogP contribution in [-0.4, -0.2) is 24.7 Å². The minimum absolute atomic E-state index is 0.174. The molecule has 1 aliphatic heterocycles. The van der Waals surface area contributed by atoms with Crippen LogP contribution >= 0.6 is 0 Å². The van der Waals surface area contributed by atoms with Crippen LogP contribution in [-0.2, 0) is 16.6 Å². The number of aliphatic carboxylic acids is 1. The first-order valence-electron chi connectivity index (χ1n) is 6.47. The molecule has 0 bridgehead atoms. The Bertz CT molecular complexity index is 466. The van der Waals surface area contributed by atoms with Crippen molar-refractivity contribution in [3.8, 4) is 0 Å². The number of hydrogen-bond donors (Lipinski definition) is 1. The predicted molar refractivity (Wildman–Crippen MR) is 73.3 cm³/mol. The molecule has 18 heavy (non-hydrogen) atoms. The van der Waals surface area contributed by atoms with E-state index in [2.05, 4.69) is 24.1 Å². The third-order valence-electron chi connectivity index (χ3n) is 3.81. The summed E-state index contributed by atoms with van der Waals surface area (Å²) in [6.45, 7) is 5.12. The van der Waals surface area contributed by atoms with Gasteiger partial charge in [-0.25, -0.2) is 0 Å². The Morgan fingerprint density at radius 1 is 1.44 bits per heavy atom. The molecule has 0 atom stereocenters. The summed E-state index contributed by atoms with van der Waals surface area (Å²) in [5.74, 6) is -0.734. The van der Waals surface area contributed by atoms with E-state index in [-0.39, 0.29) is 11.8 Å². The van der Waals surface area contributed by atoms with Gasteiger partial charge in [0.05, 0.1) is 6.42 Å². The molecular weight excluding hydrogens is 226 g/mol. The molecule has 0 radical (unpaired) electrons. The van der Waals surface area contributed by atoms with Gasteiger partial charge in [0.25, 0.3) is 0 Å². The Morgan fingerprint density at radius 3 is 2.83 bits per heavy atom. The summed E-state index contributed by atoms with van der Waals surface area (Å²) in [6, 6.07) is 6.26. The summed E-state index contributed by atoms with van der Waals surface area (Å²) in [4.78, 5) is 13.3. The van der Waals surface area contributed by atoms with E-state index in [1.165, 1.54) is 16.8 Å². The molecule has 2 rings (SSSR count). The second-order valence-electron chi connectivity index (χ2n) is 5.78. The van der Waals surface area contributed by atoms with Crippen molar-refractivity contribution >= 4 is 11.7 Å². The van der Waals surface area contributed by atoms with Crippen LogP contribution < -0.4 is 4.90 Å². The summed E-state index contributed by atoms with van der Waals surface area (Å²) in [5.41, 5.74) is 3.47. The van der Waals surface area contributed by atoms with Crippen LogP contribution in [0.5, 0.6) is 0 Å². The molecule has 0 saturated heterocycles. The lowest BCUT2D eigenvalue weighted by Gasteiger charge is -2.33. The van der Waals surface area contributed by atoms with Crippen molar-refractivity contribution < 1.29 is 9.90 Å². The fraction of sp³-hybridized carbons (Fsp3) is 0.533. The standard InChI is InChI=1S/C15H21NO2/c1-15(2,10-14(17)18)12-7-4-8-13-11(12)6-5-9-16(13)3/h4,7-8H,5-6,9-10H2,1-3H3,(H,17,18). The van der Waals surface area contributed by atoms with Gasteiger partial charge >= 0.3 is 5.97 Å². The van der Waals surface area contributed by atoms with Crippen LogP contribution in [0.25, 0.3) is 0 Å². The maximum Gasteiger partial charge on any atom is 0.304 e. The van der Waals surface area contributed by atoms with Crippen molar-refractivity contribution in [2.45, 2.75) is 38.5 Å². The highest BCUT2D eigenvalue weighted by Crippen LogP contribution is 2.37.